The maximum atomic E-state index is 5.82. The molecule has 1 atom stereocenters. The second-order valence-corrected chi connectivity index (χ2v) is 4.35. The quantitative estimate of drug-likeness (QED) is 0.714. The van der Waals surface area contributed by atoms with Gasteiger partial charge >= 0.3 is 0 Å². The van der Waals surface area contributed by atoms with Crippen molar-refractivity contribution in [3.05, 3.63) is 42.5 Å². The highest BCUT2D eigenvalue weighted by Crippen LogP contribution is 2.20. The maximum absolute atomic E-state index is 5.82. The number of ether oxygens (including phenoxy) is 1. The summed E-state index contributed by atoms with van der Waals surface area (Å²) in [5.74, 6) is 0.876. The first-order chi connectivity index (χ1) is 7.25. The zero-order valence-corrected chi connectivity index (χ0v) is 9.37. The van der Waals surface area contributed by atoms with Crippen LogP contribution in [0.5, 0.6) is 5.75 Å². The number of benzene rings is 2. The number of hydrogen-bond acceptors (Lipinski definition) is 1. The van der Waals surface area contributed by atoms with Gasteiger partial charge in [-0.2, -0.15) is 0 Å². The van der Waals surface area contributed by atoms with Crippen molar-refractivity contribution in [3.8, 4) is 5.75 Å². The highest BCUT2D eigenvalue weighted by Gasteiger charge is 1.99. The van der Waals surface area contributed by atoms with Gasteiger partial charge in [-0.05, 0) is 29.8 Å². The number of alkyl halides is 1. The number of fused-ring (bicyclic) bond motifs is 1. The molecule has 78 valence electrons. The van der Waals surface area contributed by atoms with Crippen LogP contribution < -0.4 is 4.74 Å². The number of hydrogen-bond donors (Lipinski definition) is 0. The molecule has 2 heteroatoms. The highest BCUT2D eigenvalue weighted by atomic mass is 35.5. The molecule has 0 bridgehead atoms. The largest absolute Gasteiger partial charge is 0.492 e. The Morgan fingerprint density at radius 3 is 2.60 bits per heavy atom. The lowest BCUT2D eigenvalue weighted by molar-refractivity contribution is 0.321. The van der Waals surface area contributed by atoms with Gasteiger partial charge in [0.25, 0.3) is 0 Å². The molecule has 2 aromatic rings. The molecule has 0 radical (unpaired) electrons. The normalized spacial score (nSPS) is 12.7. The lowest BCUT2D eigenvalue weighted by Gasteiger charge is -2.08. The van der Waals surface area contributed by atoms with Crippen LogP contribution in [0.15, 0.2) is 42.5 Å². The smallest absolute Gasteiger partial charge is 0.120 e. The SMILES string of the molecule is CC(Cl)COc1ccc2ccccc2c1. The summed E-state index contributed by atoms with van der Waals surface area (Å²) in [6.07, 6.45) is 0. The zero-order chi connectivity index (χ0) is 10.7. The molecule has 2 aromatic carbocycles. The fourth-order valence-corrected chi connectivity index (χ4v) is 1.53. The molecule has 0 N–H and O–H groups in total. The van der Waals surface area contributed by atoms with Gasteiger partial charge in [-0.3, -0.25) is 0 Å². The van der Waals surface area contributed by atoms with Crippen molar-refractivity contribution in [3.63, 3.8) is 0 Å². The standard InChI is InChI=1S/C13H13ClO/c1-10(14)9-15-13-7-6-11-4-2-3-5-12(11)8-13/h2-8,10H,9H2,1H3. The number of rotatable bonds is 3. The summed E-state index contributed by atoms with van der Waals surface area (Å²) < 4.78 is 5.54. The van der Waals surface area contributed by atoms with E-state index in [9.17, 15) is 0 Å². The van der Waals surface area contributed by atoms with Crippen molar-refractivity contribution < 1.29 is 4.74 Å². The zero-order valence-electron chi connectivity index (χ0n) is 8.61. The second-order valence-electron chi connectivity index (χ2n) is 3.60. The molecule has 0 aliphatic heterocycles. The average Bonchev–Trinajstić information content (AvgIpc) is 2.26. The van der Waals surface area contributed by atoms with E-state index in [2.05, 4.69) is 18.2 Å². The van der Waals surface area contributed by atoms with E-state index in [1.807, 2.05) is 31.2 Å². The van der Waals surface area contributed by atoms with Crippen molar-refractivity contribution >= 4 is 22.4 Å². The molecule has 0 amide bonds. The molecule has 1 nitrogen and oxygen atoms in total. The molecule has 2 rings (SSSR count). The van der Waals surface area contributed by atoms with E-state index in [1.165, 1.54) is 10.8 Å². The van der Waals surface area contributed by atoms with Gasteiger partial charge in [0.05, 0.1) is 5.38 Å². The van der Waals surface area contributed by atoms with Crippen LogP contribution in [-0.2, 0) is 0 Å². The summed E-state index contributed by atoms with van der Waals surface area (Å²) in [7, 11) is 0. The van der Waals surface area contributed by atoms with Crippen LogP contribution in [0.25, 0.3) is 10.8 Å². The molecule has 0 saturated carbocycles. The van der Waals surface area contributed by atoms with Gasteiger partial charge in [0.2, 0.25) is 0 Å². The summed E-state index contributed by atoms with van der Waals surface area (Å²) >= 11 is 5.82. The lowest BCUT2D eigenvalue weighted by Crippen LogP contribution is -2.06. The minimum Gasteiger partial charge on any atom is -0.492 e. The molecule has 0 heterocycles. The van der Waals surface area contributed by atoms with E-state index >= 15 is 0 Å². The summed E-state index contributed by atoms with van der Waals surface area (Å²) in [4.78, 5) is 0. The third-order valence-corrected chi connectivity index (χ3v) is 2.33. The fourth-order valence-electron chi connectivity index (χ4n) is 1.47. The van der Waals surface area contributed by atoms with Crippen LogP contribution in [0.3, 0.4) is 0 Å². The van der Waals surface area contributed by atoms with Gasteiger partial charge in [0.1, 0.15) is 12.4 Å². The van der Waals surface area contributed by atoms with Crippen LogP contribution >= 0.6 is 11.6 Å². The average molecular weight is 221 g/mol. The van der Waals surface area contributed by atoms with E-state index in [0.29, 0.717) is 6.61 Å². The second kappa shape index (κ2) is 4.54. The van der Waals surface area contributed by atoms with Gasteiger partial charge in [-0.1, -0.05) is 30.3 Å². The van der Waals surface area contributed by atoms with E-state index in [0.717, 1.165) is 5.75 Å². The fraction of sp³-hybridized carbons (Fsp3) is 0.231. The Morgan fingerprint density at radius 1 is 1.13 bits per heavy atom. The molecule has 0 fully saturated rings. The van der Waals surface area contributed by atoms with E-state index in [1.54, 1.807) is 0 Å². The van der Waals surface area contributed by atoms with Crippen molar-refractivity contribution in [2.75, 3.05) is 6.61 Å². The van der Waals surface area contributed by atoms with Gasteiger partial charge in [0, 0.05) is 0 Å². The Morgan fingerprint density at radius 2 is 1.87 bits per heavy atom. The Hall–Kier alpha value is -1.21. The van der Waals surface area contributed by atoms with Crippen molar-refractivity contribution in [2.24, 2.45) is 0 Å². The monoisotopic (exact) mass is 220 g/mol. The van der Waals surface area contributed by atoms with Gasteiger partial charge in [0.15, 0.2) is 0 Å². The Balaban J connectivity index is 2.23. The summed E-state index contributed by atoms with van der Waals surface area (Å²) in [6.45, 7) is 2.46. The molecular formula is C13H13ClO. The topological polar surface area (TPSA) is 9.23 Å². The Bertz CT molecular complexity index is 451. The molecule has 1 unspecified atom stereocenters. The van der Waals surface area contributed by atoms with Crippen LogP contribution in [0.4, 0.5) is 0 Å². The van der Waals surface area contributed by atoms with E-state index in [-0.39, 0.29) is 5.38 Å². The van der Waals surface area contributed by atoms with E-state index < -0.39 is 0 Å². The first-order valence-electron chi connectivity index (χ1n) is 5.01. The first kappa shape index (κ1) is 10.3. The van der Waals surface area contributed by atoms with E-state index in [4.69, 9.17) is 16.3 Å². The van der Waals surface area contributed by atoms with Crippen molar-refractivity contribution in [2.45, 2.75) is 12.3 Å². The molecule has 0 aromatic heterocycles. The third kappa shape index (κ3) is 2.63. The van der Waals surface area contributed by atoms with Gasteiger partial charge in [-0.25, -0.2) is 0 Å². The highest BCUT2D eigenvalue weighted by molar-refractivity contribution is 6.20. The molecule has 0 aliphatic rings. The minimum absolute atomic E-state index is 0.0384. The van der Waals surface area contributed by atoms with Crippen LogP contribution in [0.2, 0.25) is 0 Å². The predicted molar refractivity (Wildman–Crippen MR) is 64.8 cm³/mol. The Labute approximate surface area is 94.6 Å². The van der Waals surface area contributed by atoms with Crippen molar-refractivity contribution in [1.29, 1.82) is 0 Å². The summed E-state index contributed by atoms with van der Waals surface area (Å²) in [5, 5.41) is 2.46. The molecule has 15 heavy (non-hydrogen) atoms. The maximum Gasteiger partial charge on any atom is 0.120 e. The van der Waals surface area contributed by atoms with Crippen LogP contribution in [0, 0.1) is 0 Å². The molecule has 0 aliphatic carbocycles. The Kier molecular flexibility index (Phi) is 3.12. The third-order valence-electron chi connectivity index (χ3n) is 2.20. The lowest BCUT2D eigenvalue weighted by atomic mass is 10.1. The minimum atomic E-state index is 0.0384. The molecule has 0 saturated heterocycles. The van der Waals surface area contributed by atoms with Gasteiger partial charge < -0.3 is 4.74 Å². The van der Waals surface area contributed by atoms with Crippen LogP contribution in [0.1, 0.15) is 6.92 Å². The van der Waals surface area contributed by atoms with Crippen LogP contribution in [-0.4, -0.2) is 12.0 Å². The predicted octanol–water partition coefficient (Wildman–Crippen LogP) is 3.85. The molecule has 0 spiro atoms. The van der Waals surface area contributed by atoms with Crippen molar-refractivity contribution in [1.82, 2.24) is 0 Å². The summed E-state index contributed by atoms with van der Waals surface area (Å²) in [6, 6.07) is 14.3. The number of halogens is 1. The first-order valence-corrected chi connectivity index (χ1v) is 5.45. The molecular weight excluding hydrogens is 208 g/mol. The summed E-state index contributed by atoms with van der Waals surface area (Å²) in [5.41, 5.74) is 0. The van der Waals surface area contributed by atoms with Gasteiger partial charge in [-0.15, -0.1) is 11.6 Å².